The quantitative estimate of drug-likeness (QED) is 0.879. The Morgan fingerprint density at radius 3 is 2.56 bits per heavy atom. The summed E-state index contributed by atoms with van der Waals surface area (Å²) in [4.78, 5) is 4.21. The van der Waals surface area contributed by atoms with Crippen molar-refractivity contribution in [1.29, 1.82) is 0 Å². The molecule has 3 nitrogen and oxygen atoms in total. The SMILES string of the molecule is CC(C)Cc1ccc(-c2cnc(CCN)o2)cc1. The fraction of sp³-hybridized carbons (Fsp3) is 0.400. The van der Waals surface area contributed by atoms with Crippen molar-refractivity contribution >= 4 is 0 Å². The zero-order chi connectivity index (χ0) is 13.0. The molecule has 2 aromatic rings. The molecule has 18 heavy (non-hydrogen) atoms. The highest BCUT2D eigenvalue weighted by atomic mass is 16.4. The number of nitrogens with zero attached hydrogens (tertiary/aromatic N) is 1. The van der Waals surface area contributed by atoms with Gasteiger partial charge in [-0.3, -0.25) is 0 Å². The number of rotatable bonds is 5. The molecule has 0 saturated heterocycles. The van der Waals surface area contributed by atoms with Crippen LogP contribution in [0.15, 0.2) is 34.9 Å². The van der Waals surface area contributed by atoms with Gasteiger partial charge in [-0.05, 0) is 17.9 Å². The van der Waals surface area contributed by atoms with Gasteiger partial charge in [-0.25, -0.2) is 4.98 Å². The number of hydrogen-bond donors (Lipinski definition) is 1. The molecule has 0 saturated carbocycles. The van der Waals surface area contributed by atoms with E-state index in [1.54, 1.807) is 6.20 Å². The molecule has 0 aliphatic carbocycles. The summed E-state index contributed by atoms with van der Waals surface area (Å²) in [5.41, 5.74) is 7.90. The van der Waals surface area contributed by atoms with Gasteiger partial charge in [-0.15, -0.1) is 0 Å². The predicted octanol–water partition coefficient (Wildman–Crippen LogP) is 3.04. The third kappa shape index (κ3) is 3.20. The van der Waals surface area contributed by atoms with Crippen LogP contribution in [0.5, 0.6) is 0 Å². The van der Waals surface area contributed by atoms with Gasteiger partial charge >= 0.3 is 0 Å². The summed E-state index contributed by atoms with van der Waals surface area (Å²) in [5.74, 6) is 2.20. The number of nitrogens with two attached hydrogens (primary N) is 1. The molecule has 1 aromatic carbocycles. The van der Waals surface area contributed by atoms with Crippen LogP contribution in [0.3, 0.4) is 0 Å². The standard InChI is InChI=1S/C15H20N2O/c1-11(2)9-12-3-5-13(6-4-12)14-10-17-15(18-14)7-8-16/h3-6,10-11H,7-9,16H2,1-2H3. The molecule has 0 atom stereocenters. The molecule has 0 aliphatic heterocycles. The van der Waals surface area contributed by atoms with E-state index in [2.05, 4.69) is 43.1 Å². The van der Waals surface area contributed by atoms with Crippen molar-refractivity contribution in [1.82, 2.24) is 4.98 Å². The average molecular weight is 244 g/mol. The van der Waals surface area contributed by atoms with Crippen molar-refractivity contribution in [2.24, 2.45) is 11.7 Å². The minimum Gasteiger partial charge on any atom is -0.441 e. The highest BCUT2D eigenvalue weighted by Gasteiger charge is 2.06. The first-order valence-corrected chi connectivity index (χ1v) is 6.43. The van der Waals surface area contributed by atoms with Gasteiger partial charge in [0.15, 0.2) is 11.7 Å². The van der Waals surface area contributed by atoms with Gasteiger partial charge in [0.1, 0.15) is 0 Å². The van der Waals surface area contributed by atoms with Crippen LogP contribution in [-0.2, 0) is 12.8 Å². The van der Waals surface area contributed by atoms with Gasteiger partial charge in [-0.2, -0.15) is 0 Å². The van der Waals surface area contributed by atoms with Crippen molar-refractivity contribution in [2.45, 2.75) is 26.7 Å². The van der Waals surface area contributed by atoms with E-state index in [0.29, 0.717) is 24.8 Å². The van der Waals surface area contributed by atoms with Crippen molar-refractivity contribution in [2.75, 3.05) is 6.54 Å². The lowest BCUT2D eigenvalue weighted by Gasteiger charge is -2.05. The summed E-state index contributed by atoms with van der Waals surface area (Å²) in [7, 11) is 0. The summed E-state index contributed by atoms with van der Waals surface area (Å²) in [5, 5.41) is 0. The Hall–Kier alpha value is -1.61. The molecule has 0 radical (unpaired) electrons. The molecule has 0 fully saturated rings. The Kier molecular flexibility index (Phi) is 4.15. The van der Waals surface area contributed by atoms with Crippen molar-refractivity contribution in [3.63, 3.8) is 0 Å². The van der Waals surface area contributed by atoms with Crippen LogP contribution in [0.1, 0.15) is 25.3 Å². The zero-order valence-electron chi connectivity index (χ0n) is 11.0. The second kappa shape index (κ2) is 5.83. The van der Waals surface area contributed by atoms with Gasteiger partial charge in [-0.1, -0.05) is 38.1 Å². The van der Waals surface area contributed by atoms with Crippen LogP contribution in [-0.4, -0.2) is 11.5 Å². The van der Waals surface area contributed by atoms with Crippen LogP contribution >= 0.6 is 0 Å². The molecule has 2 rings (SSSR count). The average Bonchev–Trinajstić information content (AvgIpc) is 2.78. The maximum Gasteiger partial charge on any atom is 0.196 e. The lowest BCUT2D eigenvalue weighted by atomic mass is 10.0. The topological polar surface area (TPSA) is 52.0 Å². The Balaban J connectivity index is 2.12. The summed E-state index contributed by atoms with van der Waals surface area (Å²) >= 11 is 0. The minimum absolute atomic E-state index is 0.563. The second-order valence-electron chi connectivity index (χ2n) is 4.95. The summed E-state index contributed by atoms with van der Waals surface area (Å²) in [6.07, 6.45) is 3.56. The number of benzene rings is 1. The molecule has 3 heteroatoms. The highest BCUT2D eigenvalue weighted by molar-refractivity contribution is 5.56. The molecule has 1 aromatic heterocycles. The van der Waals surface area contributed by atoms with Crippen LogP contribution in [0, 0.1) is 5.92 Å². The second-order valence-corrected chi connectivity index (χ2v) is 4.95. The van der Waals surface area contributed by atoms with E-state index >= 15 is 0 Å². The van der Waals surface area contributed by atoms with Gasteiger partial charge in [0, 0.05) is 18.5 Å². The molecular weight excluding hydrogens is 224 g/mol. The van der Waals surface area contributed by atoms with E-state index < -0.39 is 0 Å². The van der Waals surface area contributed by atoms with Gasteiger partial charge in [0.25, 0.3) is 0 Å². The maximum absolute atomic E-state index is 5.64. The Labute approximate surface area is 108 Å². The summed E-state index contributed by atoms with van der Waals surface area (Å²) in [6.45, 7) is 5.01. The lowest BCUT2D eigenvalue weighted by molar-refractivity contribution is 0.508. The molecule has 96 valence electrons. The first kappa shape index (κ1) is 12.8. The van der Waals surface area contributed by atoms with Gasteiger partial charge in [0.2, 0.25) is 0 Å². The minimum atomic E-state index is 0.563. The zero-order valence-corrected chi connectivity index (χ0v) is 11.0. The van der Waals surface area contributed by atoms with Gasteiger partial charge in [0.05, 0.1) is 6.20 Å². The van der Waals surface area contributed by atoms with Crippen LogP contribution in [0.25, 0.3) is 11.3 Å². The maximum atomic E-state index is 5.64. The fourth-order valence-electron chi connectivity index (χ4n) is 1.96. The summed E-state index contributed by atoms with van der Waals surface area (Å²) < 4.78 is 5.64. The van der Waals surface area contributed by atoms with Crippen LogP contribution in [0.2, 0.25) is 0 Å². The largest absolute Gasteiger partial charge is 0.441 e. The van der Waals surface area contributed by atoms with E-state index in [0.717, 1.165) is 17.7 Å². The van der Waals surface area contributed by atoms with Crippen molar-refractivity contribution in [3.05, 3.63) is 41.9 Å². The lowest BCUT2D eigenvalue weighted by Crippen LogP contribution is -2.02. The van der Waals surface area contributed by atoms with E-state index in [1.807, 2.05) is 0 Å². The smallest absolute Gasteiger partial charge is 0.196 e. The van der Waals surface area contributed by atoms with E-state index in [4.69, 9.17) is 10.2 Å². The fourth-order valence-corrected chi connectivity index (χ4v) is 1.96. The molecule has 0 amide bonds. The molecular formula is C15H20N2O. The first-order chi connectivity index (χ1) is 8.69. The van der Waals surface area contributed by atoms with Crippen LogP contribution < -0.4 is 5.73 Å². The number of aromatic nitrogens is 1. The third-order valence-electron chi connectivity index (χ3n) is 2.79. The van der Waals surface area contributed by atoms with Gasteiger partial charge < -0.3 is 10.2 Å². The Bertz CT molecular complexity index is 485. The predicted molar refractivity (Wildman–Crippen MR) is 73.2 cm³/mol. The molecule has 0 spiro atoms. The summed E-state index contributed by atoms with van der Waals surface area (Å²) in [6, 6.07) is 8.48. The van der Waals surface area contributed by atoms with Crippen molar-refractivity contribution < 1.29 is 4.42 Å². The Morgan fingerprint density at radius 1 is 1.22 bits per heavy atom. The van der Waals surface area contributed by atoms with E-state index in [-0.39, 0.29) is 0 Å². The monoisotopic (exact) mass is 244 g/mol. The molecule has 0 aliphatic rings. The third-order valence-corrected chi connectivity index (χ3v) is 2.79. The highest BCUT2D eigenvalue weighted by Crippen LogP contribution is 2.21. The van der Waals surface area contributed by atoms with Crippen molar-refractivity contribution in [3.8, 4) is 11.3 Å². The van der Waals surface area contributed by atoms with E-state index in [9.17, 15) is 0 Å². The first-order valence-electron chi connectivity index (χ1n) is 6.43. The molecule has 0 unspecified atom stereocenters. The molecule has 2 N–H and O–H groups in total. The van der Waals surface area contributed by atoms with Crippen LogP contribution in [0.4, 0.5) is 0 Å². The molecule has 0 bridgehead atoms. The molecule has 1 heterocycles. The number of hydrogen-bond acceptors (Lipinski definition) is 3. The number of oxazole rings is 1. The van der Waals surface area contributed by atoms with E-state index in [1.165, 1.54) is 5.56 Å². The normalized spacial score (nSPS) is 11.1. The Morgan fingerprint density at radius 2 is 1.94 bits per heavy atom.